The van der Waals surface area contributed by atoms with Gasteiger partial charge in [-0.3, -0.25) is 9.59 Å². The van der Waals surface area contributed by atoms with Crippen LogP contribution in [-0.4, -0.2) is 49.1 Å². The summed E-state index contributed by atoms with van der Waals surface area (Å²) < 4.78 is 11.3. The summed E-state index contributed by atoms with van der Waals surface area (Å²) in [5.74, 6) is 1.41. The first kappa shape index (κ1) is 24.6. The molecule has 0 saturated heterocycles. The van der Waals surface area contributed by atoms with Crippen molar-refractivity contribution in [1.29, 1.82) is 0 Å². The highest BCUT2D eigenvalue weighted by Gasteiger charge is 2.28. The maximum atomic E-state index is 13.4. The Morgan fingerprint density at radius 2 is 1.73 bits per heavy atom. The van der Waals surface area contributed by atoms with Crippen LogP contribution in [0.1, 0.15) is 50.7 Å². The van der Waals surface area contributed by atoms with Gasteiger partial charge in [-0.1, -0.05) is 56.7 Å². The van der Waals surface area contributed by atoms with Crippen molar-refractivity contribution in [3.05, 3.63) is 59.7 Å². The lowest BCUT2D eigenvalue weighted by Crippen LogP contribution is -2.50. The predicted molar refractivity (Wildman–Crippen MR) is 130 cm³/mol. The third-order valence-corrected chi connectivity index (χ3v) is 5.93. The Bertz CT molecular complexity index is 900. The second-order valence-corrected chi connectivity index (χ2v) is 8.37. The van der Waals surface area contributed by atoms with Gasteiger partial charge in [0.2, 0.25) is 11.8 Å². The first-order chi connectivity index (χ1) is 16.1. The minimum Gasteiger partial charge on any atom is -0.486 e. The zero-order valence-electron chi connectivity index (χ0n) is 19.8. The molecule has 2 aromatic rings. The molecule has 33 heavy (non-hydrogen) atoms. The van der Waals surface area contributed by atoms with Gasteiger partial charge >= 0.3 is 0 Å². The second-order valence-electron chi connectivity index (χ2n) is 8.37. The predicted octanol–water partition coefficient (Wildman–Crippen LogP) is 4.16. The van der Waals surface area contributed by atoms with Crippen LogP contribution >= 0.6 is 0 Å². The van der Waals surface area contributed by atoms with E-state index >= 15 is 0 Å². The fourth-order valence-electron chi connectivity index (χ4n) is 4.04. The lowest BCUT2D eigenvalue weighted by atomic mass is 10.1. The van der Waals surface area contributed by atoms with Crippen LogP contribution in [-0.2, 0) is 22.4 Å². The smallest absolute Gasteiger partial charge is 0.242 e. The maximum absolute atomic E-state index is 13.4. The van der Waals surface area contributed by atoms with Crippen molar-refractivity contribution in [3.8, 4) is 11.5 Å². The van der Waals surface area contributed by atoms with Crippen molar-refractivity contribution < 1.29 is 19.1 Å². The van der Waals surface area contributed by atoms with E-state index in [1.165, 1.54) is 0 Å². The van der Waals surface area contributed by atoms with Gasteiger partial charge in [-0.2, -0.15) is 0 Å². The maximum Gasteiger partial charge on any atom is 0.242 e. The molecule has 0 unspecified atom stereocenters. The van der Waals surface area contributed by atoms with Gasteiger partial charge in [0, 0.05) is 19.5 Å². The second kappa shape index (κ2) is 12.9. The third-order valence-electron chi connectivity index (χ3n) is 5.93. The first-order valence-electron chi connectivity index (χ1n) is 12.1. The molecule has 1 atom stereocenters. The van der Waals surface area contributed by atoms with Gasteiger partial charge in [0.1, 0.15) is 19.3 Å². The van der Waals surface area contributed by atoms with Crippen molar-refractivity contribution in [2.45, 2.75) is 58.4 Å². The minimum atomic E-state index is -0.460. The van der Waals surface area contributed by atoms with E-state index in [-0.39, 0.29) is 11.8 Å². The van der Waals surface area contributed by atoms with Crippen molar-refractivity contribution >= 4 is 11.8 Å². The van der Waals surface area contributed by atoms with Crippen LogP contribution in [0, 0.1) is 0 Å². The van der Waals surface area contributed by atoms with E-state index < -0.39 is 6.04 Å². The van der Waals surface area contributed by atoms with Crippen molar-refractivity contribution in [1.82, 2.24) is 10.2 Å². The molecule has 6 heteroatoms. The number of rotatable bonds is 12. The molecular weight excluding hydrogens is 416 g/mol. The monoisotopic (exact) mass is 452 g/mol. The molecule has 1 aliphatic rings. The minimum absolute atomic E-state index is 0.00156. The van der Waals surface area contributed by atoms with Crippen LogP contribution in [0.4, 0.5) is 0 Å². The van der Waals surface area contributed by atoms with E-state index in [1.54, 1.807) is 4.90 Å². The summed E-state index contributed by atoms with van der Waals surface area (Å²) in [4.78, 5) is 28.0. The molecular formula is C27H36N2O4. The molecule has 1 N–H and O–H groups in total. The molecule has 0 spiro atoms. The van der Waals surface area contributed by atoms with Gasteiger partial charge < -0.3 is 19.7 Å². The van der Waals surface area contributed by atoms with E-state index in [2.05, 4.69) is 24.4 Å². The van der Waals surface area contributed by atoms with E-state index in [0.717, 1.165) is 41.9 Å². The van der Waals surface area contributed by atoms with Gasteiger partial charge in [-0.15, -0.1) is 0 Å². The normalized spacial score (nSPS) is 13.3. The van der Waals surface area contributed by atoms with Gasteiger partial charge in [-0.05, 0) is 48.9 Å². The zero-order valence-corrected chi connectivity index (χ0v) is 19.8. The Hall–Kier alpha value is -3.02. The summed E-state index contributed by atoms with van der Waals surface area (Å²) in [6.07, 6.45) is 4.18. The highest BCUT2D eigenvalue weighted by atomic mass is 16.6. The molecule has 0 bridgehead atoms. The molecule has 2 amide bonds. The van der Waals surface area contributed by atoms with Gasteiger partial charge in [0.15, 0.2) is 11.5 Å². The molecule has 0 fully saturated rings. The quantitative estimate of drug-likeness (QED) is 0.491. The summed E-state index contributed by atoms with van der Waals surface area (Å²) >= 11 is 0. The number of fused-ring (bicyclic) bond motifs is 1. The van der Waals surface area contributed by atoms with Crippen LogP contribution in [0.15, 0.2) is 48.5 Å². The lowest BCUT2D eigenvalue weighted by molar-refractivity contribution is -0.140. The molecule has 178 valence electrons. The standard InChI is InChI=1S/C27H36N2O4/c1-3-5-16-28-27(31)23(4-2)29(17-15-21-9-7-6-8-10-21)26(30)14-12-22-11-13-24-25(20-22)33-19-18-32-24/h6-11,13,20,23H,3-5,12,14-19H2,1-2H3,(H,28,31)/t23-/m0/s1. The number of amides is 2. The fraction of sp³-hybridized carbons (Fsp3) is 0.481. The van der Waals surface area contributed by atoms with Crippen LogP contribution in [0.2, 0.25) is 0 Å². The number of ether oxygens (including phenoxy) is 2. The number of aryl methyl sites for hydroxylation is 1. The molecule has 6 nitrogen and oxygen atoms in total. The van der Waals surface area contributed by atoms with Crippen LogP contribution in [0.3, 0.4) is 0 Å². The van der Waals surface area contributed by atoms with Crippen molar-refractivity contribution in [3.63, 3.8) is 0 Å². The van der Waals surface area contributed by atoms with Gasteiger partial charge in [-0.25, -0.2) is 0 Å². The van der Waals surface area contributed by atoms with Gasteiger partial charge in [0.05, 0.1) is 0 Å². The third kappa shape index (κ3) is 7.24. The number of carbonyl (C=O) groups is 2. The largest absolute Gasteiger partial charge is 0.486 e. The zero-order chi connectivity index (χ0) is 23.5. The molecule has 0 aromatic heterocycles. The highest BCUT2D eigenvalue weighted by molar-refractivity contribution is 5.87. The molecule has 1 heterocycles. The molecule has 3 rings (SSSR count). The van der Waals surface area contributed by atoms with Crippen LogP contribution in [0.25, 0.3) is 0 Å². The first-order valence-corrected chi connectivity index (χ1v) is 12.1. The molecule has 0 radical (unpaired) electrons. The Morgan fingerprint density at radius 3 is 2.45 bits per heavy atom. The average molecular weight is 453 g/mol. The van der Waals surface area contributed by atoms with E-state index in [4.69, 9.17) is 9.47 Å². The lowest BCUT2D eigenvalue weighted by Gasteiger charge is -2.31. The number of unbranched alkanes of at least 4 members (excludes halogenated alkanes) is 1. The van der Waals surface area contributed by atoms with Gasteiger partial charge in [0.25, 0.3) is 0 Å². The summed E-state index contributed by atoms with van der Waals surface area (Å²) in [6, 6.07) is 15.5. The van der Waals surface area contributed by atoms with E-state index in [9.17, 15) is 9.59 Å². The number of carbonyl (C=O) groups excluding carboxylic acids is 2. The van der Waals surface area contributed by atoms with Crippen LogP contribution in [0.5, 0.6) is 11.5 Å². The Labute approximate surface area is 197 Å². The van der Waals surface area contributed by atoms with Crippen LogP contribution < -0.4 is 14.8 Å². The van der Waals surface area contributed by atoms with Crippen molar-refractivity contribution in [2.75, 3.05) is 26.3 Å². The van der Waals surface area contributed by atoms with E-state index in [1.807, 2.05) is 43.3 Å². The number of hydrogen-bond donors (Lipinski definition) is 1. The topological polar surface area (TPSA) is 67.9 Å². The Kier molecular flexibility index (Phi) is 9.60. The number of nitrogens with zero attached hydrogens (tertiary/aromatic N) is 1. The summed E-state index contributed by atoms with van der Waals surface area (Å²) in [7, 11) is 0. The molecule has 0 aliphatic carbocycles. The SMILES string of the molecule is CCCCNC(=O)[C@H](CC)N(CCc1ccccc1)C(=O)CCc1ccc2c(c1)OCCO2. The summed E-state index contributed by atoms with van der Waals surface area (Å²) in [5.41, 5.74) is 2.18. The molecule has 1 aliphatic heterocycles. The number of nitrogens with one attached hydrogen (secondary N) is 1. The summed E-state index contributed by atoms with van der Waals surface area (Å²) in [6.45, 7) is 6.31. The fourth-order valence-corrected chi connectivity index (χ4v) is 4.04. The molecule has 0 saturated carbocycles. The number of benzene rings is 2. The summed E-state index contributed by atoms with van der Waals surface area (Å²) in [5, 5.41) is 3.01. The number of hydrogen-bond acceptors (Lipinski definition) is 4. The van der Waals surface area contributed by atoms with Crippen molar-refractivity contribution in [2.24, 2.45) is 0 Å². The highest BCUT2D eigenvalue weighted by Crippen LogP contribution is 2.31. The average Bonchev–Trinajstić information content (AvgIpc) is 2.85. The Balaban J connectivity index is 1.68. The Morgan fingerprint density at radius 1 is 0.970 bits per heavy atom. The van der Waals surface area contributed by atoms with E-state index in [0.29, 0.717) is 45.6 Å². The molecule has 2 aromatic carbocycles.